The van der Waals surface area contributed by atoms with Crippen molar-refractivity contribution in [2.75, 3.05) is 23.5 Å². The quantitative estimate of drug-likeness (QED) is 0.336. The average molecular weight is 474 g/mol. The molecule has 2 aromatic carbocycles. The number of benzene rings is 2. The van der Waals surface area contributed by atoms with Gasteiger partial charge in [0.15, 0.2) is 9.47 Å². The number of ether oxygens (including phenoxy) is 1. The van der Waals surface area contributed by atoms with Crippen LogP contribution < -0.4 is 15.4 Å². The average Bonchev–Trinajstić information content (AvgIpc) is 3.43. The molecule has 0 unspecified atom stereocenters. The Hall–Kier alpha value is -3.02. The molecule has 31 heavy (non-hydrogen) atoms. The number of hydrogen-bond acceptors (Lipinski definition) is 9. The molecule has 0 atom stereocenters. The first-order valence-corrected chi connectivity index (χ1v) is 11.7. The van der Waals surface area contributed by atoms with Crippen LogP contribution in [-0.4, -0.2) is 34.0 Å². The van der Waals surface area contributed by atoms with E-state index in [0.29, 0.717) is 20.3 Å². The summed E-state index contributed by atoms with van der Waals surface area (Å²) in [6.45, 7) is 0. The van der Waals surface area contributed by atoms with Gasteiger partial charge in [0.25, 0.3) is 0 Å². The van der Waals surface area contributed by atoms with Crippen LogP contribution in [-0.2, 0) is 4.79 Å². The summed E-state index contributed by atoms with van der Waals surface area (Å²) < 4.78 is 19.5. The predicted octanol–water partition coefficient (Wildman–Crippen LogP) is 5.28. The van der Waals surface area contributed by atoms with Gasteiger partial charge in [0.05, 0.1) is 24.2 Å². The van der Waals surface area contributed by atoms with Gasteiger partial charge in [-0.1, -0.05) is 35.2 Å². The van der Waals surface area contributed by atoms with Crippen LogP contribution in [0, 0.1) is 5.82 Å². The van der Waals surface area contributed by atoms with Crippen molar-refractivity contribution < 1.29 is 13.9 Å². The third-order valence-corrected chi connectivity index (χ3v) is 6.71. The molecule has 2 heterocycles. The maximum Gasteiger partial charge on any atom is 0.236 e. The lowest BCUT2D eigenvalue weighted by atomic mass is 10.2. The summed E-state index contributed by atoms with van der Waals surface area (Å²) in [5.41, 5.74) is 2.05. The Morgan fingerprint density at radius 2 is 1.94 bits per heavy atom. The van der Waals surface area contributed by atoms with E-state index < -0.39 is 0 Å². The van der Waals surface area contributed by atoms with Gasteiger partial charge in [0.2, 0.25) is 11.0 Å². The molecule has 0 aliphatic carbocycles. The number of thioether (sulfide) groups is 1. The van der Waals surface area contributed by atoms with Crippen LogP contribution in [0.2, 0.25) is 0 Å². The summed E-state index contributed by atoms with van der Waals surface area (Å²) in [6, 6.07) is 13.9. The second-order valence-electron chi connectivity index (χ2n) is 6.08. The molecular formula is C20H16FN5O2S3. The number of anilines is 3. The first-order valence-electron chi connectivity index (χ1n) is 8.98. The van der Waals surface area contributed by atoms with Crippen molar-refractivity contribution >= 4 is 56.3 Å². The van der Waals surface area contributed by atoms with Crippen molar-refractivity contribution in [2.24, 2.45) is 0 Å². The number of aromatic nitrogens is 3. The van der Waals surface area contributed by atoms with E-state index >= 15 is 0 Å². The largest absolute Gasteiger partial charge is 0.497 e. The highest BCUT2D eigenvalue weighted by molar-refractivity contribution is 8.01. The second kappa shape index (κ2) is 9.86. The zero-order chi connectivity index (χ0) is 21.6. The fourth-order valence-corrected chi connectivity index (χ4v) is 4.80. The summed E-state index contributed by atoms with van der Waals surface area (Å²) >= 11 is 3.86. The highest BCUT2D eigenvalue weighted by Crippen LogP contribution is 2.29. The molecule has 158 valence electrons. The molecule has 0 aliphatic heterocycles. The maximum atomic E-state index is 13.7. The lowest BCUT2D eigenvalue weighted by Crippen LogP contribution is -2.13. The smallest absolute Gasteiger partial charge is 0.236 e. The highest BCUT2D eigenvalue weighted by atomic mass is 32.2. The highest BCUT2D eigenvalue weighted by Gasteiger charge is 2.12. The van der Waals surface area contributed by atoms with Gasteiger partial charge in [-0.15, -0.1) is 21.5 Å². The van der Waals surface area contributed by atoms with Crippen LogP contribution in [0.15, 0.2) is 58.3 Å². The molecule has 0 radical (unpaired) electrons. The third kappa shape index (κ3) is 5.57. The normalized spacial score (nSPS) is 10.6. The third-order valence-electron chi connectivity index (χ3n) is 3.98. The first kappa shape index (κ1) is 21.2. The van der Waals surface area contributed by atoms with Crippen LogP contribution >= 0.6 is 34.4 Å². The Bertz CT molecular complexity index is 1180. The van der Waals surface area contributed by atoms with Gasteiger partial charge in [-0.25, -0.2) is 9.37 Å². The Labute approximate surface area is 189 Å². The lowest BCUT2D eigenvalue weighted by molar-refractivity contribution is -0.113. The summed E-state index contributed by atoms with van der Waals surface area (Å²) in [7, 11) is 1.62. The van der Waals surface area contributed by atoms with Gasteiger partial charge in [0, 0.05) is 10.9 Å². The number of methoxy groups -OCH3 is 1. The van der Waals surface area contributed by atoms with E-state index in [0.717, 1.165) is 17.0 Å². The van der Waals surface area contributed by atoms with E-state index in [9.17, 15) is 9.18 Å². The zero-order valence-corrected chi connectivity index (χ0v) is 18.6. The Balaban J connectivity index is 1.29. The van der Waals surface area contributed by atoms with Crippen LogP contribution in [0.3, 0.4) is 0 Å². The fraction of sp³-hybridized carbons (Fsp3) is 0.100. The fourth-order valence-electron chi connectivity index (χ4n) is 2.50. The molecular weight excluding hydrogens is 457 g/mol. The van der Waals surface area contributed by atoms with E-state index in [1.807, 2.05) is 29.6 Å². The molecule has 2 aromatic heterocycles. The van der Waals surface area contributed by atoms with Gasteiger partial charge in [-0.2, -0.15) is 0 Å². The molecule has 0 spiro atoms. The molecule has 0 saturated carbocycles. The van der Waals surface area contributed by atoms with Crippen LogP contribution in [0.4, 0.5) is 20.3 Å². The van der Waals surface area contributed by atoms with Crippen LogP contribution in [0.5, 0.6) is 5.75 Å². The van der Waals surface area contributed by atoms with Crippen LogP contribution in [0.25, 0.3) is 11.3 Å². The molecule has 11 heteroatoms. The van der Waals surface area contributed by atoms with Crippen molar-refractivity contribution in [1.82, 2.24) is 15.2 Å². The Kier molecular flexibility index (Phi) is 6.75. The number of carbonyl (C=O) groups excluding carboxylic acids is 1. The molecule has 0 fully saturated rings. The van der Waals surface area contributed by atoms with E-state index in [1.165, 1.54) is 40.5 Å². The van der Waals surface area contributed by atoms with Crippen molar-refractivity contribution in [1.29, 1.82) is 0 Å². The maximum absolute atomic E-state index is 13.7. The number of carbonyl (C=O) groups is 1. The van der Waals surface area contributed by atoms with E-state index in [1.54, 1.807) is 25.3 Å². The van der Waals surface area contributed by atoms with Crippen molar-refractivity contribution in [3.63, 3.8) is 0 Å². The SMILES string of the molecule is COc1ccc(-c2csc(NC(=O)CSc3nnc(Nc4ccccc4F)s3)n2)cc1. The summed E-state index contributed by atoms with van der Waals surface area (Å²) in [5, 5.41) is 16.5. The number of nitrogens with zero attached hydrogens (tertiary/aromatic N) is 3. The molecule has 2 N–H and O–H groups in total. The van der Waals surface area contributed by atoms with Gasteiger partial charge < -0.3 is 15.4 Å². The summed E-state index contributed by atoms with van der Waals surface area (Å²) in [4.78, 5) is 16.7. The van der Waals surface area contributed by atoms with Crippen molar-refractivity contribution in [3.8, 4) is 17.0 Å². The second-order valence-corrected chi connectivity index (χ2v) is 9.14. The number of para-hydroxylation sites is 1. The van der Waals surface area contributed by atoms with Gasteiger partial charge in [0.1, 0.15) is 11.6 Å². The molecule has 7 nitrogen and oxygen atoms in total. The van der Waals surface area contributed by atoms with Gasteiger partial charge >= 0.3 is 0 Å². The van der Waals surface area contributed by atoms with Crippen molar-refractivity contribution in [3.05, 3.63) is 59.7 Å². The number of halogens is 1. The minimum Gasteiger partial charge on any atom is -0.497 e. The summed E-state index contributed by atoms with van der Waals surface area (Å²) in [5.74, 6) is 0.364. The number of thiazole rings is 1. The number of amides is 1. The molecule has 4 aromatic rings. The van der Waals surface area contributed by atoms with E-state index in [4.69, 9.17) is 4.74 Å². The van der Waals surface area contributed by atoms with Crippen LogP contribution in [0.1, 0.15) is 0 Å². The zero-order valence-electron chi connectivity index (χ0n) is 16.2. The lowest BCUT2D eigenvalue weighted by Gasteiger charge is -2.02. The van der Waals surface area contributed by atoms with Gasteiger partial charge in [-0.3, -0.25) is 4.79 Å². The van der Waals surface area contributed by atoms with Gasteiger partial charge in [-0.05, 0) is 36.4 Å². The molecule has 1 amide bonds. The van der Waals surface area contributed by atoms with Crippen molar-refractivity contribution in [2.45, 2.75) is 4.34 Å². The number of hydrogen-bond donors (Lipinski definition) is 2. The Morgan fingerprint density at radius 3 is 2.71 bits per heavy atom. The number of nitrogens with one attached hydrogen (secondary N) is 2. The molecule has 0 aliphatic rings. The summed E-state index contributed by atoms with van der Waals surface area (Å²) in [6.07, 6.45) is 0. The van der Waals surface area contributed by atoms with E-state index in [2.05, 4.69) is 25.8 Å². The Morgan fingerprint density at radius 1 is 1.13 bits per heavy atom. The monoisotopic (exact) mass is 473 g/mol. The molecule has 0 bridgehead atoms. The number of rotatable bonds is 8. The molecule has 4 rings (SSSR count). The minimum atomic E-state index is -0.372. The van der Waals surface area contributed by atoms with E-state index in [-0.39, 0.29) is 17.5 Å². The predicted molar refractivity (Wildman–Crippen MR) is 123 cm³/mol. The topological polar surface area (TPSA) is 89.0 Å². The standard InChI is InChI=1S/C20H16FN5O2S3/c1-28-13-8-6-12(7-9-13)16-10-29-18(23-16)24-17(27)11-30-20-26-25-19(31-20)22-15-5-3-2-4-14(15)21/h2-10H,11H2,1H3,(H,22,25)(H,23,24,27). The molecule has 0 saturated heterocycles. The minimum absolute atomic E-state index is 0.159. The first-order chi connectivity index (χ1) is 15.1.